The van der Waals surface area contributed by atoms with Crippen molar-refractivity contribution in [3.63, 3.8) is 0 Å². The molecule has 11 nitrogen and oxygen atoms in total. The van der Waals surface area contributed by atoms with E-state index >= 15 is 0 Å². The number of nitrogens with zero attached hydrogens (tertiary/aromatic N) is 4. The standard InChI is InChI=1S/C23H17N5O6/c1-13-9-16(26-14(2)24-21-6-4-3-5-19(21)23(26)30)7-8-20(13)25-22(29)15-10-17(27(31)32)12-18(11-15)28(33)34/h3-12H,1-2H3,(H,25,29). The molecule has 1 amide bonds. The number of fused-ring (bicyclic) bond motifs is 1. The van der Waals surface area contributed by atoms with Crippen LogP contribution < -0.4 is 10.9 Å². The number of amides is 1. The lowest BCUT2D eigenvalue weighted by Crippen LogP contribution is -2.22. The second kappa shape index (κ2) is 8.54. The molecule has 11 heteroatoms. The number of nitro groups is 2. The lowest BCUT2D eigenvalue weighted by Gasteiger charge is -2.14. The van der Waals surface area contributed by atoms with Crippen molar-refractivity contribution in [3.8, 4) is 5.69 Å². The maximum absolute atomic E-state index is 13.0. The topological polar surface area (TPSA) is 150 Å². The third-order valence-electron chi connectivity index (χ3n) is 5.25. The second-order valence-electron chi connectivity index (χ2n) is 7.52. The Labute approximate surface area is 191 Å². The number of nitro benzene ring substituents is 2. The van der Waals surface area contributed by atoms with Gasteiger partial charge in [-0.1, -0.05) is 12.1 Å². The molecule has 0 saturated carbocycles. The first-order chi connectivity index (χ1) is 16.2. The SMILES string of the molecule is Cc1cc(-n2c(C)nc3ccccc3c2=O)ccc1NC(=O)c1cc([N+](=O)[O-])cc([N+](=O)[O-])c1. The predicted octanol–water partition coefficient (Wildman–Crippen LogP) is 4.07. The van der Waals surface area contributed by atoms with Crippen LogP contribution in [0, 0.1) is 34.1 Å². The van der Waals surface area contributed by atoms with Gasteiger partial charge >= 0.3 is 0 Å². The molecule has 1 heterocycles. The van der Waals surface area contributed by atoms with Crippen LogP contribution in [-0.4, -0.2) is 25.3 Å². The number of carbonyl (C=O) groups excluding carboxylic acids is 1. The highest BCUT2D eigenvalue weighted by atomic mass is 16.6. The minimum atomic E-state index is -0.804. The van der Waals surface area contributed by atoms with Crippen molar-refractivity contribution in [2.24, 2.45) is 0 Å². The molecule has 4 aromatic rings. The first-order valence-electron chi connectivity index (χ1n) is 10.0. The quantitative estimate of drug-likeness (QED) is 0.349. The van der Waals surface area contributed by atoms with Crippen molar-refractivity contribution in [3.05, 3.63) is 108 Å². The fraction of sp³-hybridized carbons (Fsp3) is 0.0870. The van der Waals surface area contributed by atoms with Gasteiger partial charge in [-0.2, -0.15) is 0 Å². The monoisotopic (exact) mass is 459 g/mol. The summed E-state index contributed by atoms with van der Waals surface area (Å²) in [5, 5.41) is 25.3. The zero-order valence-corrected chi connectivity index (χ0v) is 18.0. The Morgan fingerprint density at radius 1 is 0.941 bits per heavy atom. The van der Waals surface area contributed by atoms with E-state index in [0.717, 1.165) is 18.2 Å². The van der Waals surface area contributed by atoms with Crippen LogP contribution in [0.4, 0.5) is 17.1 Å². The van der Waals surface area contributed by atoms with E-state index < -0.39 is 27.1 Å². The van der Waals surface area contributed by atoms with Crippen LogP contribution in [-0.2, 0) is 0 Å². The summed E-state index contributed by atoms with van der Waals surface area (Å²) >= 11 is 0. The minimum Gasteiger partial charge on any atom is -0.322 e. The Balaban J connectivity index is 1.69. The van der Waals surface area contributed by atoms with E-state index in [1.165, 1.54) is 4.57 Å². The van der Waals surface area contributed by atoms with Gasteiger partial charge in [-0.15, -0.1) is 0 Å². The average Bonchev–Trinajstić information content (AvgIpc) is 2.80. The molecule has 1 aromatic heterocycles. The highest BCUT2D eigenvalue weighted by Gasteiger charge is 2.20. The predicted molar refractivity (Wildman–Crippen MR) is 125 cm³/mol. The first-order valence-corrected chi connectivity index (χ1v) is 10.0. The summed E-state index contributed by atoms with van der Waals surface area (Å²) in [6, 6.07) is 14.6. The number of nitrogens with one attached hydrogen (secondary N) is 1. The van der Waals surface area contributed by atoms with E-state index in [2.05, 4.69) is 10.3 Å². The zero-order valence-electron chi connectivity index (χ0n) is 18.0. The molecule has 0 bridgehead atoms. The Hall–Kier alpha value is -4.93. The molecule has 0 spiro atoms. The summed E-state index contributed by atoms with van der Waals surface area (Å²) in [7, 11) is 0. The number of non-ortho nitro benzene ring substituents is 2. The van der Waals surface area contributed by atoms with Crippen LogP contribution in [0.25, 0.3) is 16.6 Å². The van der Waals surface area contributed by atoms with Crippen molar-refractivity contribution in [2.45, 2.75) is 13.8 Å². The number of hydrogen-bond acceptors (Lipinski definition) is 7. The van der Waals surface area contributed by atoms with Gasteiger partial charge in [0.2, 0.25) is 0 Å². The summed E-state index contributed by atoms with van der Waals surface area (Å²) in [6.07, 6.45) is 0. The van der Waals surface area contributed by atoms with Crippen LogP contribution in [0.1, 0.15) is 21.7 Å². The van der Waals surface area contributed by atoms with E-state index in [4.69, 9.17) is 0 Å². The summed E-state index contributed by atoms with van der Waals surface area (Å²) in [5.74, 6) is -0.257. The van der Waals surface area contributed by atoms with Crippen LogP contribution in [0.2, 0.25) is 0 Å². The Morgan fingerprint density at radius 3 is 2.21 bits per heavy atom. The van der Waals surface area contributed by atoms with E-state index in [-0.39, 0.29) is 11.1 Å². The fourth-order valence-electron chi connectivity index (χ4n) is 3.61. The lowest BCUT2D eigenvalue weighted by atomic mass is 10.1. The number of para-hydroxylation sites is 1. The maximum atomic E-state index is 13.0. The van der Waals surface area contributed by atoms with Gasteiger partial charge in [0.25, 0.3) is 22.8 Å². The molecule has 0 aliphatic rings. The number of rotatable bonds is 5. The molecule has 0 aliphatic heterocycles. The third-order valence-corrected chi connectivity index (χ3v) is 5.25. The van der Waals surface area contributed by atoms with Gasteiger partial charge in [-0.3, -0.25) is 34.4 Å². The minimum absolute atomic E-state index is 0.227. The van der Waals surface area contributed by atoms with Gasteiger partial charge in [-0.25, -0.2) is 4.98 Å². The Kier molecular flexibility index (Phi) is 5.60. The lowest BCUT2D eigenvalue weighted by molar-refractivity contribution is -0.394. The van der Waals surface area contributed by atoms with Gasteiger partial charge in [0.15, 0.2) is 0 Å². The molecule has 0 saturated heterocycles. The molecule has 1 N–H and O–H groups in total. The smallest absolute Gasteiger partial charge is 0.277 e. The zero-order chi connectivity index (χ0) is 24.6. The van der Waals surface area contributed by atoms with Gasteiger partial charge in [0.05, 0.1) is 38.1 Å². The van der Waals surface area contributed by atoms with Gasteiger partial charge in [0.1, 0.15) is 5.82 Å². The first kappa shape index (κ1) is 22.3. The number of aryl methyl sites for hydroxylation is 2. The van der Waals surface area contributed by atoms with Gasteiger partial charge < -0.3 is 5.32 Å². The molecule has 0 atom stereocenters. The molecule has 0 aliphatic carbocycles. The number of anilines is 1. The number of aromatic nitrogens is 2. The fourth-order valence-corrected chi connectivity index (χ4v) is 3.61. The molecule has 0 unspecified atom stereocenters. The van der Waals surface area contributed by atoms with Crippen molar-refractivity contribution in [1.82, 2.24) is 9.55 Å². The molecule has 170 valence electrons. The van der Waals surface area contributed by atoms with Crippen LogP contribution in [0.3, 0.4) is 0 Å². The van der Waals surface area contributed by atoms with Crippen molar-refractivity contribution >= 4 is 33.9 Å². The maximum Gasteiger partial charge on any atom is 0.277 e. The van der Waals surface area contributed by atoms with Crippen molar-refractivity contribution < 1.29 is 14.6 Å². The molecule has 0 fully saturated rings. The van der Waals surface area contributed by atoms with Gasteiger partial charge in [-0.05, 0) is 49.7 Å². The third kappa shape index (κ3) is 4.09. The van der Waals surface area contributed by atoms with E-state index in [1.807, 2.05) is 0 Å². The number of hydrogen-bond donors (Lipinski definition) is 1. The molecule has 3 aromatic carbocycles. The molecular formula is C23H17N5O6. The summed E-state index contributed by atoms with van der Waals surface area (Å²) in [4.78, 5) is 50.8. The highest BCUT2D eigenvalue weighted by Crippen LogP contribution is 2.25. The molecule has 4 rings (SSSR count). The van der Waals surface area contributed by atoms with E-state index in [1.54, 1.807) is 56.3 Å². The van der Waals surface area contributed by atoms with Crippen LogP contribution in [0.15, 0.2) is 65.5 Å². The summed E-state index contributed by atoms with van der Waals surface area (Å²) < 4.78 is 1.46. The molecule has 0 radical (unpaired) electrons. The van der Waals surface area contributed by atoms with Crippen LogP contribution >= 0.6 is 0 Å². The summed E-state index contributed by atoms with van der Waals surface area (Å²) in [6.45, 7) is 3.43. The number of carbonyl (C=O) groups is 1. The largest absolute Gasteiger partial charge is 0.322 e. The summed E-state index contributed by atoms with van der Waals surface area (Å²) in [5.41, 5.74) is 0.524. The second-order valence-corrected chi connectivity index (χ2v) is 7.52. The molecular weight excluding hydrogens is 442 g/mol. The van der Waals surface area contributed by atoms with Gasteiger partial charge in [0, 0.05) is 17.8 Å². The highest BCUT2D eigenvalue weighted by molar-refractivity contribution is 6.05. The Morgan fingerprint density at radius 2 is 1.59 bits per heavy atom. The van der Waals surface area contributed by atoms with Crippen molar-refractivity contribution in [2.75, 3.05) is 5.32 Å². The van der Waals surface area contributed by atoms with E-state index in [9.17, 15) is 29.8 Å². The number of benzene rings is 3. The average molecular weight is 459 g/mol. The van der Waals surface area contributed by atoms with Crippen LogP contribution in [0.5, 0.6) is 0 Å². The molecule has 34 heavy (non-hydrogen) atoms. The van der Waals surface area contributed by atoms with E-state index in [0.29, 0.717) is 33.7 Å². The normalized spacial score (nSPS) is 10.8. The Bertz CT molecular complexity index is 1530. The van der Waals surface area contributed by atoms with Crippen molar-refractivity contribution in [1.29, 1.82) is 0 Å².